The summed E-state index contributed by atoms with van der Waals surface area (Å²) in [7, 11) is 0. The lowest BCUT2D eigenvalue weighted by atomic mass is 9.99. The summed E-state index contributed by atoms with van der Waals surface area (Å²) in [4.78, 5) is 10.4. The summed E-state index contributed by atoms with van der Waals surface area (Å²) in [6, 6.07) is 3.88. The molecule has 1 aliphatic rings. The topological polar surface area (TPSA) is 80.7 Å². The first-order valence-electron chi connectivity index (χ1n) is 11.4. The molecule has 0 saturated carbocycles. The molecule has 3 rings (SSSR count). The van der Waals surface area contributed by atoms with Crippen molar-refractivity contribution in [3.8, 4) is 5.75 Å². The minimum Gasteiger partial charge on any atom is -0.494 e. The van der Waals surface area contributed by atoms with Gasteiger partial charge in [-0.2, -0.15) is 4.99 Å². The first-order valence-corrected chi connectivity index (χ1v) is 11.4. The Bertz CT molecular complexity index is 999. The van der Waals surface area contributed by atoms with Crippen molar-refractivity contribution >= 4 is 11.6 Å². The van der Waals surface area contributed by atoms with Crippen LogP contribution in [0.2, 0.25) is 0 Å². The summed E-state index contributed by atoms with van der Waals surface area (Å²) in [5.74, 6) is 2.00. The normalized spacial score (nSPS) is 19.6. The van der Waals surface area contributed by atoms with Crippen molar-refractivity contribution in [3.05, 3.63) is 66.5 Å². The molecule has 0 aliphatic carbocycles. The number of piperidine rings is 1. The van der Waals surface area contributed by atoms with Crippen LogP contribution in [0.25, 0.3) is 0 Å². The molecule has 0 radical (unpaired) electrons. The number of imidazole rings is 1. The SMILES string of the molecule is C=C/C=C(\N=C(N)N1CC[C@H](n2ccnc2)[C@@H](F)C1)Nc1cc(C(C)C)c(OCC)cc1C. The summed E-state index contributed by atoms with van der Waals surface area (Å²) in [5, 5.41) is 3.36. The molecule has 1 aromatic heterocycles. The molecule has 0 bridgehead atoms. The third-order valence-electron chi connectivity index (χ3n) is 5.79. The average molecular weight is 455 g/mol. The number of aromatic nitrogens is 2. The molecule has 1 aliphatic heterocycles. The molecular formula is C25H35FN6O. The van der Waals surface area contributed by atoms with Gasteiger partial charge in [-0.25, -0.2) is 9.37 Å². The maximum atomic E-state index is 14.9. The van der Waals surface area contributed by atoms with Crippen LogP contribution in [0, 0.1) is 6.92 Å². The van der Waals surface area contributed by atoms with Gasteiger partial charge in [0, 0.05) is 24.6 Å². The van der Waals surface area contributed by atoms with E-state index in [0.717, 1.165) is 22.6 Å². The third kappa shape index (κ3) is 5.94. The molecule has 178 valence electrons. The van der Waals surface area contributed by atoms with Crippen molar-refractivity contribution in [3.63, 3.8) is 0 Å². The summed E-state index contributed by atoms with van der Waals surface area (Å²) >= 11 is 0. The van der Waals surface area contributed by atoms with Crippen LogP contribution in [0.3, 0.4) is 0 Å². The zero-order valence-electron chi connectivity index (χ0n) is 20.0. The highest BCUT2D eigenvalue weighted by molar-refractivity contribution is 5.80. The molecule has 2 heterocycles. The third-order valence-corrected chi connectivity index (χ3v) is 5.79. The molecule has 1 fully saturated rings. The average Bonchev–Trinajstić information content (AvgIpc) is 3.30. The highest BCUT2D eigenvalue weighted by atomic mass is 19.1. The summed E-state index contributed by atoms with van der Waals surface area (Å²) in [6.45, 7) is 13.5. The number of aliphatic imine (C=N–C) groups is 1. The van der Waals surface area contributed by atoms with E-state index in [-0.39, 0.29) is 18.5 Å². The van der Waals surface area contributed by atoms with Crippen LogP contribution in [0.1, 0.15) is 50.3 Å². The fourth-order valence-corrected chi connectivity index (χ4v) is 4.02. The Kier molecular flexibility index (Phi) is 8.14. The van der Waals surface area contributed by atoms with Crippen molar-refractivity contribution < 1.29 is 9.13 Å². The van der Waals surface area contributed by atoms with Crippen molar-refractivity contribution in [1.29, 1.82) is 0 Å². The van der Waals surface area contributed by atoms with Gasteiger partial charge >= 0.3 is 0 Å². The Morgan fingerprint density at radius 1 is 1.45 bits per heavy atom. The lowest BCUT2D eigenvalue weighted by molar-refractivity contribution is 0.130. The number of aryl methyl sites for hydroxylation is 1. The van der Waals surface area contributed by atoms with E-state index in [2.05, 4.69) is 41.8 Å². The van der Waals surface area contributed by atoms with Crippen LogP contribution in [-0.2, 0) is 0 Å². The summed E-state index contributed by atoms with van der Waals surface area (Å²) in [6.07, 6.45) is 8.08. The number of hydrogen-bond acceptors (Lipinski definition) is 4. The zero-order valence-corrected chi connectivity index (χ0v) is 20.0. The number of guanidine groups is 1. The second-order valence-electron chi connectivity index (χ2n) is 8.50. The fourth-order valence-electron chi connectivity index (χ4n) is 4.02. The van der Waals surface area contributed by atoms with Crippen LogP contribution >= 0.6 is 0 Å². The van der Waals surface area contributed by atoms with Gasteiger partial charge in [0.1, 0.15) is 17.7 Å². The van der Waals surface area contributed by atoms with Crippen molar-refractivity contribution in [1.82, 2.24) is 14.5 Å². The van der Waals surface area contributed by atoms with Gasteiger partial charge < -0.3 is 25.3 Å². The Morgan fingerprint density at radius 3 is 2.85 bits per heavy atom. The number of nitrogens with zero attached hydrogens (tertiary/aromatic N) is 4. The number of rotatable bonds is 8. The van der Waals surface area contributed by atoms with E-state index in [1.807, 2.05) is 24.5 Å². The number of hydrogen-bond donors (Lipinski definition) is 2. The highest BCUT2D eigenvalue weighted by Crippen LogP contribution is 2.33. The van der Waals surface area contributed by atoms with Gasteiger partial charge in [0.25, 0.3) is 0 Å². The van der Waals surface area contributed by atoms with Crippen LogP contribution in [0.4, 0.5) is 10.1 Å². The van der Waals surface area contributed by atoms with Gasteiger partial charge in [-0.3, -0.25) is 0 Å². The summed E-state index contributed by atoms with van der Waals surface area (Å²) in [5.41, 5.74) is 9.34. The summed E-state index contributed by atoms with van der Waals surface area (Å²) < 4.78 is 22.5. The molecule has 8 heteroatoms. The number of nitrogens with two attached hydrogens (primary N) is 1. The predicted molar refractivity (Wildman–Crippen MR) is 132 cm³/mol. The molecule has 1 saturated heterocycles. The quantitative estimate of drug-likeness (QED) is 0.342. The highest BCUT2D eigenvalue weighted by Gasteiger charge is 2.31. The van der Waals surface area contributed by atoms with E-state index >= 15 is 0 Å². The minimum atomic E-state index is -1.07. The van der Waals surface area contributed by atoms with Crippen LogP contribution in [0.5, 0.6) is 5.75 Å². The molecule has 0 amide bonds. The molecule has 2 atom stereocenters. The lowest BCUT2D eigenvalue weighted by Crippen LogP contribution is -2.48. The standard InChI is InChI=1S/C25H35FN6O/c1-6-8-24(29-21-14-19(17(3)4)23(33-7-2)13-18(21)5)30-25(27)31-11-9-22(20(26)15-31)32-12-10-28-16-32/h6,8,10,12-14,16-17,20,22,29H,1,7,9,11,15H2,2-5H3,(H2,27,30)/b24-8-/t20-,22-/m0/s1. The number of ether oxygens (including phenoxy) is 1. The number of likely N-dealkylation sites (tertiary alicyclic amines) is 1. The molecule has 0 spiro atoms. The smallest absolute Gasteiger partial charge is 0.198 e. The monoisotopic (exact) mass is 454 g/mol. The second-order valence-corrected chi connectivity index (χ2v) is 8.50. The molecular weight excluding hydrogens is 419 g/mol. The predicted octanol–water partition coefficient (Wildman–Crippen LogP) is 4.75. The Labute approximate surface area is 195 Å². The second kappa shape index (κ2) is 11.0. The lowest BCUT2D eigenvalue weighted by Gasteiger charge is -2.35. The minimum absolute atomic E-state index is 0.180. The van der Waals surface area contributed by atoms with Gasteiger partial charge in [-0.15, -0.1) is 0 Å². The van der Waals surface area contributed by atoms with E-state index in [4.69, 9.17) is 10.5 Å². The van der Waals surface area contributed by atoms with Gasteiger partial charge in [-0.1, -0.05) is 26.5 Å². The van der Waals surface area contributed by atoms with Crippen LogP contribution in [-0.4, -0.2) is 46.3 Å². The largest absolute Gasteiger partial charge is 0.494 e. The number of nitrogens with one attached hydrogen (secondary N) is 1. The molecule has 33 heavy (non-hydrogen) atoms. The van der Waals surface area contributed by atoms with E-state index < -0.39 is 6.17 Å². The van der Waals surface area contributed by atoms with Crippen molar-refractivity contribution in [2.24, 2.45) is 10.7 Å². The van der Waals surface area contributed by atoms with Gasteiger partial charge in [0.15, 0.2) is 5.96 Å². The molecule has 7 nitrogen and oxygen atoms in total. The van der Waals surface area contributed by atoms with E-state index in [9.17, 15) is 4.39 Å². The maximum Gasteiger partial charge on any atom is 0.198 e. The first kappa shape index (κ1) is 24.4. The van der Waals surface area contributed by atoms with E-state index in [0.29, 0.717) is 31.3 Å². The maximum absolute atomic E-state index is 14.9. The van der Waals surface area contributed by atoms with Crippen LogP contribution in [0.15, 0.2) is 60.4 Å². The van der Waals surface area contributed by atoms with Crippen LogP contribution < -0.4 is 15.8 Å². The molecule has 1 aromatic carbocycles. The van der Waals surface area contributed by atoms with Gasteiger partial charge in [-0.05, 0) is 55.5 Å². The number of halogens is 1. The fraction of sp³-hybridized carbons (Fsp3) is 0.440. The van der Waals surface area contributed by atoms with Crippen molar-refractivity contribution in [2.75, 3.05) is 25.0 Å². The molecule has 0 unspecified atom stereocenters. The number of anilines is 1. The van der Waals surface area contributed by atoms with Crippen molar-refractivity contribution in [2.45, 2.75) is 52.2 Å². The molecule has 3 N–H and O–H groups in total. The molecule has 2 aromatic rings. The number of benzene rings is 1. The van der Waals surface area contributed by atoms with Gasteiger partial charge in [0.2, 0.25) is 0 Å². The zero-order chi connectivity index (χ0) is 24.0. The van der Waals surface area contributed by atoms with E-state index in [1.54, 1.807) is 35.8 Å². The van der Waals surface area contributed by atoms with E-state index in [1.165, 1.54) is 0 Å². The Hall–Kier alpha value is -3.29. The Morgan fingerprint density at radius 2 is 2.24 bits per heavy atom. The van der Waals surface area contributed by atoms with Gasteiger partial charge in [0.05, 0.1) is 25.5 Å². The number of alkyl halides is 1. The number of allylic oxidation sites excluding steroid dienone is 2. The Balaban J connectivity index is 1.78. The first-order chi connectivity index (χ1) is 15.8.